The largest absolute Gasteiger partial charge is 0.493 e. The number of nitrogens with zero attached hydrogens (tertiary/aromatic N) is 3. The Morgan fingerprint density at radius 2 is 1.57 bits per heavy atom. The number of amides is 1. The van der Waals surface area contributed by atoms with Crippen molar-refractivity contribution in [2.24, 2.45) is 0 Å². The second kappa shape index (κ2) is 10.5. The van der Waals surface area contributed by atoms with Crippen LogP contribution in [0.4, 0.5) is 0 Å². The summed E-state index contributed by atoms with van der Waals surface area (Å²) in [7, 11) is 4.81. The summed E-state index contributed by atoms with van der Waals surface area (Å²) in [6, 6.07) is 17.0. The SMILES string of the molecule is COc1cc(Cn2ccnc2C2CCN(C(=O)c3cccc4c3C(=O)c3ccccc3-4)CC2)cc(OC)c1OC. The Morgan fingerprint density at radius 3 is 2.25 bits per heavy atom. The maximum absolute atomic E-state index is 13.6. The minimum atomic E-state index is -0.0859. The number of benzene rings is 3. The molecule has 4 aromatic rings. The number of hydrogen-bond acceptors (Lipinski definition) is 6. The molecule has 0 N–H and O–H groups in total. The molecule has 2 heterocycles. The minimum absolute atomic E-state index is 0.0711. The molecule has 0 unspecified atom stereocenters. The second-order valence-corrected chi connectivity index (χ2v) is 10.1. The molecule has 2 aliphatic rings. The minimum Gasteiger partial charge on any atom is -0.493 e. The van der Waals surface area contributed by atoms with Gasteiger partial charge in [0.15, 0.2) is 17.3 Å². The Morgan fingerprint density at radius 1 is 0.900 bits per heavy atom. The van der Waals surface area contributed by atoms with Crippen LogP contribution < -0.4 is 14.2 Å². The lowest BCUT2D eigenvalue weighted by Crippen LogP contribution is -2.39. The van der Waals surface area contributed by atoms with Gasteiger partial charge in [-0.05, 0) is 47.7 Å². The summed E-state index contributed by atoms with van der Waals surface area (Å²) in [6.45, 7) is 1.81. The Bertz CT molecular complexity index is 1570. The number of likely N-dealkylation sites (tertiary alicyclic amines) is 1. The van der Waals surface area contributed by atoms with Crippen molar-refractivity contribution in [3.8, 4) is 28.4 Å². The molecule has 204 valence electrons. The highest BCUT2D eigenvalue weighted by molar-refractivity contribution is 6.25. The van der Waals surface area contributed by atoms with Gasteiger partial charge in [-0.1, -0.05) is 36.4 Å². The number of carbonyl (C=O) groups is 2. The molecule has 6 rings (SSSR count). The van der Waals surface area contributed by atoms with Crippen LogP contribution in [0.3, 0.4) is 0 Å². The molecule has 0 bridgehead atoms. The number of imidazole rings is 1. The first-order valence-corrected chi connectivity index (χ1v) is 13.4. The molecule has 8 heteroatoms. The van der Waals surface area contributed by atoms with Gasteiger partial charge in [0.05, 0.1) is 26.9 Å². The van der Waals surface area contributed by atoms with Crippen LogP contribution in [-0.4, -0.2) is 60.6 Å². The maximum Gasteiger partial charge on any atom is 0.254 e. The van der Waals surface area contributed by atoms with Crippen molar-refractivity contribution >= 4 is 11.7 Å². The zero-order chi connectivity index (χ0) is 27.8. The average Bonchev–Trinajstić information content (AvgIpc) is 3.58. The van der Waals surface area contributed by atoms with E-state index in [4.69, 9.17) is 19.2 Å². The van der Waals surface area contributed by atoms with Crippen LogP contribution >= 0.6 is 0 Å². The number of rotatable bonds is 7. The number of aromatic nitrogens is 2. The van der Waals surface area contributed by atoms with Gasteiger partial charge in [-0.2, -0.15) is 0 Å². The predicted octanol–water partition coefficient (Wildman–Crippen LogP) is 5.19. The number of ether oxygens (including phenoxy) is 3. The molecular formula is C32H31N3O5. The molecule has 1 aliphatic heterocycles. The zero-order valence-electron chi connectivity index (χ0n) is 22.8. The molecule has 0 spiro atoms. The van der Waals surface area contributed by atoms with Gasteiger partial charge in [0.25, 0.3) is 5.91 Å². The fraction of sp³-hybridized carbons (Fsp3) is 0.281. The number of hydrogen-bond donors (Lipinski definition) is 0. The number of piperidine rings is 1. The fourth-order valence-corrected chi connectivity index (χ4v) is 6.00. The standard InChI is InChI=1S/C32H31N3O5/c1-38-26-17-20(18-27(39-2)30(26)40-3)19-35-16-13-33-31(35)21-11-14-34(15-12-21)32(37)25-10-6-9-23-22-7-4-5-8-24(22)29(36)28(23)25/h4-10,13,16-18,21H,11-12,14-15,19H2,1-3H3. The maximum atomic E-state index is 13.6. The molecule has 3 aromatic carbocycles. The van der Waals surface area contributed by atoms with Crippen LogP contribution in [0, 0.1) is 0 Å². The lowest BCUT2D eigenvalue weighted by atomic mass is 9.94. The second-order valence-electron chi connectivity index (χ2n) is 10.1. The van der Waals surface area contributed by atoms with E-state index < -0.39 is 0 Å². The van der Waals surface area contributed by atoms with Crippen molar-refractivity contribution in [2.45, 2.75) is 25.3 Å². The summed E-state index contributed by atoms with van der Waals surface area (Å²) in [5.74, 6) is 2.83. The number of fused-ring (bicyclic) bond motifs is 3. The summed E-state index contributed by atoms with van der Waals surface area (Å²) >= 11 is 0. The van der Waals surface area contributed by atoms with Crippen LogP contribution in [0.1, 0.15) is 56.4 Å². The summed E-state index contributed by atoms with van der Waals surface area (Å²) in [5, 5.41) is 0. The van der Waals surface area contributed by atoms with Gasteiger partial charge >= 0.3 is 0 Å². The topological polar surface area (TPSA) is 82.9 Å². The first-order chi connectivity index (χ1) is 19.5. The number of methoxy groups -OCH3 is 3. The van der Waals surface area contributed by atoms with E-state index in [1.165, 1.54) is 0 Å². The molecule has 1 amide bonds. The van der Waals surface area contributed by atoms with Gasteiger partial charge in [0, 0.05) is 49.1 Å². The van der Waals surface area contributed by atoms with E-state index >= 15 is 0 Å². The molecule has 0 radical (unpaired) electrons. The summed E-state index contributed by atoms with van der Waals surface area (Å²) < 4.78 is 18.6. The summed E-state index contributed by atoms with van der Waals surface area (Å²) in [4.78, 5) is 33.4. The fourth-order valence-electron chi connectivity index (χ4n) is 6.00. The average molecular weight is 538 g/mol. The number of ketones is 1. The third-order valence-corrected chi connectivity index (χ3v) is 7.96. The molecular weight excluding hydrogens is 506 g/mol. The highest BCUT2D eigenvalue weighted by Crippen LogP contribution is 2.40. The van der Waals surface area contributed by atoms with Crippen molar-refractivity contribution < 1.29 is 23.8 Å². The third-order valence-electron chi connectivity index (χ3n) is 7.96. The van der Waals surface area contributed by atoms with Gasteiger partial charge in [-0.15, -0.1) is 0 Å². The van der Waals surface area contributed by atoms with E-state index in [-0.39, 0.29) is 17.6 Å². The van der Waals surface area contributed by atoms with Gasteiger partial charge in [-0.25, -0.2) is 4.98 Å². The summed E-state index contributed by atoms with van der Waals surface area (Å²) in [5.41, 5.74) is 4.42. The molecule has 1 aromatic heterocycles. The zero-order valence-corrected chi connectivity index (χ0v) is 22.8. The Balaban J connectivity index is 1.18. The van der Waals surface area contributed by atoms with Crippen LogP contribution in [0.25, 0.3) is 11.1 Å². The monoisotopic (exact) mass is 537 g/mol. The normalized spacial score (nSPS) is 14.6. The van der Waals surface area contributed by atoms with Gasteiger partial charge in [-0.3, -0.25) is 9.59 Å². The molecule has 1 aliphatic carbocycles. The van der Waals surface area contributed by atoms with E-state index in [2.05, 4.69) is 4.57 Å². The van der Waals surface area contributed by atoms with E-state index in [1.807, 2.05) is 65.8 Å². The first-order valence-electron chi connectivity index (χ1n) is 13.4. The van der Waals surface area contributed by atoms with Crippen LogP contribution in [0.15, 0.2) is 67.0 Å². The van der Waals surface area contributed by atoms with Crippen molar-refractivity contribution in [3.63, 3.8) is 0 Å². The summed E-state index contributed by atoms with van der Waals surface area (Å²) in [6.07, 6.45) is 5.39. The van der Waals surface area contributed by atoms with Crippen molar-refractivity contribution in [2.75, 3.05) is 34.4 Å². The lowest BCUT2D eigenvalue weighted by Gasteiger charge is -2.32. The predicted molar refractivity (Wildman–Crippen MR) is 151 cm³/mol. The van der Waals surface area contributed by atoms with Gasteiger partial charge < -0.3 is 23.7 Å². The van der Waals surface area contributed by atoms with Crippen LogP contribution in [-0.2, 0) is 6.54 Å². The first kappa shape index (κ1) is 25.7. The molecule has 1 saturated heterocycles. The third kappa shape index (κ3) is 4.29. The van der Waals surface area contributed by atoms with E-state index in [9.17, 15) is 9.59 Å². The molecule has 40 heavy (non-hydrogen) atoms. The molecule has 0 saturated carbocycles. The van der Waals surface area contributed by atoms with Crippen molar-refractivity contribution in [1.82, 2.24) is 14.5 Å². The van der Waals surface area contributed by atoms with Crippen LogP contribution in [0.5, 0.6) is 17.2 Å². The molecule has 1 fully saturated rings. The quantitative estimate of drug-likeness (QED) is 0.284. The van der Waals surface area contributed by atoms with E-state index in [0.717, 1.165) is 35.4 Å². The van der Waals surface area contributed by atoms with Gasteiger partial charge in [0.2, 0.25) is 5.75 Å². The lowest BCUT2D eigenvalue weighted by molar-refractivity contribution is 0.0707. The molecule has 8 nitrogen and oxygen atoms in total. The van der Waals surface area contributed by atoms with Gasteiger partial charge in [0.1, 0.15) is 5.82 Å². The number of carbonyl (C=O) groups excluding carboxylic acids is 2. The van der Waals surface area contributed by atoms with Crippen LogP contribution in [0.2, 0.25) is 0 Å². The molecule has 0 atom stereocenters. The van der Waals surface area contributed by atoms with E-state index in [1.54, 1.807) is 27.4 Å². The van der Waals surface area contributed by atoms with Crippen molar-refractivity contribution in [1.29, 1.82) is 0 Å². The Hall–Kier alpha value is -4.59. The Labute approximate surface area is 233 Å². The smallest absolute Gasteiger partial charge is 0.254 e. The Kier molecular flexibility index (Phi) is 6.76. The highest BCUT2D eigenvalue weighted by Gasteiger charge is 2.34. The van der Waals surface area contributed by atoms with Crippen molar-refractivity contribution in [3.05, 3.63) is 95.1 Å². The van der Waals surface area contributed by atoms with E-state index in [0.29, 0.717) is 53.6 Å². The highest BCUT2D eigenvalue weighted by atomic mass is 16.5.